The molecule has 1 N–H and O–H groups in total. The summed E-state index contributed by atoms with van der Waals surface area (Å²) in [7, 11) is 0. The molecule has 0 bridgehead atoms. The van der Waals surface area contributed by atoms with E-state index in [0.29, 0.717) is 12.4 Å². The van der Waals surface area contributed by atoms with Crippen molar-refractivity contribution in [3.63, 3.8) is 0 Å². The molecule has 0 saturated carbocycles. The Bertz CT molecular complexity index is 438. The lowest BCUT2D eigenvalue weighted by Crippen LogP contribution is -2.18. The summed E-state index contributed by atoms with van der Waals surface area (Å²) < 4.78 is 6.23. The number of hydrogen-bond acceptors (Lipinski definition) is 2. The van der Waals surface area contributed by atoms with Crippen molar-refractivity contribution < 1.29 is 14.6 Å². The molecule has 3 nitrogen and oxygen atoms in total. The predicted molar refractivity (Wildman–Crippen MR) is 59.6 cm³/mol. The molecular weight excluding hydrogens is 260 g/mol. The highest BCUT2D eigenvalue weighted by Crippen LogP contribution is 2.42. The van der Waals surface area contributed by atoms with Gasteiger partial charge in [0.25, 0.3) is 0 Å². The number of carbonyl (C=O) groups is 1. The fourth-order valence-corrected chi connectivity index (χ4v) is 2.20. The van der Waals surface area contributed by atoms with Crippen LogP contribution in [0.15, 0.2) is 16.6 Å². The molecule has 0 aromatic heterocycles. The number of fused-ring (bicyclic) bond motifs is 1. The Morgan fingerprint density at radius 1 is 1.53 bits per heavy atom. The SMILES string of the molecule is CC1(C)COc2c(C(=O)O)cc(Br)cc21. The van der Waals surface area contributed by atoms with E-state index in [1.165, 1.54) is 0 Å². The number of aromatic carboxylic acids is 1. The summed E-state index contributed by atoms with van der Waals surface area (Å²) >= 11 is 3.32. The molecule has 4 heteroatoms. The van der Waals surface area contributed by atoms with Gasteiger partial charge in [0.1, 0.15) is 11.3 Å². The maximum Gasteiger partial charge on any atom is 0.339 e. The van der Waals surface area contributed by atoms with Crippen molar-refractivity contribution >= 4 is 21.9 Å². The maximum absolute atomic E-state index is 11.0. The second-order valence-electron chi connectivity index (χ2n) is 4.31. The molecule has 0 radical (unpaired) electrons. The first-order chi connectivity index (χ1) is 6.92. The minimum absolute atomic E-state index is 0.122. The second kappa shape index (κ2) is 3.23. The highest BCUT2D eigenvalue weighted by Gasteiger charge is 2.35. The molecule has 0 amide bonds. The van der Waals surface area contributed by atoms with E-state index in [4.69, 9.17) is 9.84 Å². The summed E-state index contributed by atoms with van der Waals surface area (Å²) in [6.07, 6.45) is 0. The van der Waals surface area contributed by atoms with Crippen LogP contribution in [0.1, 0.15) is 29.8 Å². The smallest absolute Gasteiger partial charge is 0.339 e. The number of halogens is 1. The van der Waals surface area contributed by atoms with Gasteiger partial charge in [-0.3, -0.25) is 0 Å². The van der Waals surface area contributed by atoms with E-state index in [-0.39, 0.29) is 11.0 Å². The largest absolute Gasteiger partial charge is 0.491 e. The zero-order valence-electron chi connectivity index (χ0n) is 8.50. The zero-order chi connectivity index (χ0) is 11.2. The monoisotopic (exact) mass is 270 g/mol. The number of carboxylic acids is 1. The Morgan fingerprint density at radius 2 is 2.20 bits per heavy atom. The lowest BCUT2D eigenvalue weighted by Gasteiger charge is -2.15. The third-order valence-electron chi connectivity index (χ3n) is 2.59. The summed E-state index contributed by atoms with van der Waals surface area (Å²) in [6, 6.07) is 3.50. The van der Waals surface area contributed by atoms with E-state index in [9.17, 15) is 4.79 Å². The average molecular weight is 271 g/mol. The first kappa shape index (κ1) is 10.5. The maximum atomic E-state index is 11.0. The highest BCUT2D eigenvalue weighted by molar-refractivity contribution is 9.10. The van der Waals surface area contributed by atoms with Crippen molar-refractivity contribution in [2.24, 2.45) is 0 Å². The second-order valence-corrected chi connectivity index (χ2v) is 5.22. The third kappa shape index (κ3) is 1.63. The van der Waals surface area contributed by atoms with Crippen LogP contribution in [0, 0.1) is 0 Å². The summed E-state index contributed by atoms with van der Waals surface area (Å²) in [6.45, 7) is 4.60. The molecule has 1 aliphatic rings. The van der Waals surface area contributed by atoms with Crippen molar-refractivity contribution in [3.8, 4) is 5.75 Å². The van der Waals surface area contributed by atoms with Crippen molar-refractivity contribution in [2.45, 2.75) is 19.3 Å². The number of hydrogen-bond donors (Lipinski definition) is 1. The lowest BCUT2D eigenvalue weighted by atomic mass is 9.86. The topological polar surface area (TPSA) is 46.5 Å². The molecule has 2 rings (SSSR count). The van der Waals surface area contributed by atoms with E-state index >= 15 is 0 Å². The van der Waals surface area contributed by atoms with Gasteiger partial charge in [0.05, 0.1) is 6.61 Å². The van der Waals surface area contributed by atoms with E-state index in [2.05, 4.69) is 15.9 Å². The Morgan fingerprint density at radius 3 is 2.80 bits per heavy atom. The van der Waals surface area contributed by atoms with Crippen LogP contribution in [0.4, 0.5) is 0 Å². The molecule has 1 heterocycles. The fourth-order valence-electron chi connectivity index (χ4n) is 1.74. The fraction of sp³-hybridized carbons (Fsp3) is 0.364. The first-order valence-corrected chi connectivity index (χ1v) is 5.41. The Balaban J connectivity index is 2.68. The minimum Gasteiger partial charge on any atom is -0.491 e. The molecule has 0 spiro atoms. The van der Waals surface area contributed by atoms with Crippen LogP contribution in [-0.4, -0.2) is 17.7 Å². The number of benzene rings is 1. The van der Waals surface area contributed by atoms with E-state index < -0.39 is 5.97 Å². The van der Waals surface area contributed by atoms with Gasteiger partial charge in [0.15, 0.2) is 0 Å². The summed E-state index contributed by atoms with van der Waals surface area (Å²) in [5.41, 5.74) is 1.06. The van der Waals surface area contributed by atoms with Crippen molar-refractivity contribution in [3.05, 3.63) is 27.7 Å². The Labute approximate surface area is 96.2 Å². The normalized spacial score (nSPS) is 17.0. The van der Waals surface area contributed by atoms with Gasteiger partial charge in [-0.05, 0) is 12.1 Å². The van der Waals surface area contributed by atoms with Crippen molar-refractivity contribution in [2.75, 3.05) is 6.61 Å². The average Bonchev–Trinajstić information content (AvgIpc) is 2.41. The molecule has 15 heavy (non-hydrogen) atoms. The predicted octanol–water partition coefficient (Wildman–Crippen LogP) is 2.82. The van der Waals surface area contributed by atoms with Crippen LogP contribution in [0.3, 0.4) is 0 Å². The molecular formula is C11H11BrO3. The molecule has 1 aromatic carbocycles. The van der Waals surface area contributed by atoms with Gasteiger partial charge in [0, 0.05) is 15.5 Å². The van der Waals surface area contributed by atoms with Gasteiger partial charge in [-0.1, -0.05) is 29.8 Å². The van der Waals surface area contributed by atoms with Crippen LogP contribution < -0.4 is 4.74 Å². The van der Waals surface area contributed by atoms with Gasteiger partial charge >= 0.3 is 5.97 Å². The van der Waals surface area contributed by atoms with Crippen LogP contribution in [0.5, 0.6) is 5.75 Å². The van der Waals surface area contributed by atoms with Gasteiger partial charge in [-0.25, -0.2) is 4.79 Å². The zero-order valence-corrected chi connectivity index (χ0v) is 10.1. The third-order valence-corrected chi connectivity index (χ3v) is 3.05. The quantitative estimate of drug-likeness (QED) is 0.854. The van der Waals surface area contributed by atoms with Crippen LogP contribution in [0.25, 0.3) is 0 Å². The van der Waals surface area contributed by atoms with Crippen molar-refractivity contribution in [1.82, 2.24) is 0 Å². The van der Waals surface area contributed by atoms with Crippen LogP contribution in [0.2, 0.25) is 0 Å². The number of carboxylic acid groups (broad SMARTS) is 1. The molecule has 0 fully saturated rings. The minimum atomic E-state index is -0.953. The van der Waals surface area contributed by atoms with Gasteiger partial charge in [-0.15, -0.1) is 0 Å². The van der Waals surface area contributed by atoms with Gasteiger partial charge in [0.2, 0.25) is 0 Å². The van der Waals surface area contributed by atoms with E-state index in [0.717, 1.165) is 10.0 Å². The highest BCUT2D eigenvalue weighted by atomic mass is 79.9. The molecule has 1 aliphatic heterocycles. The first-order valence-electron chi connectivity index (χ1n) is 4.62. The Hall–Kier alpha value is -1.03. The van der Waals surface area contributed by atoms with Crippen LogP contribution in [-0.2, 0) is 5.41 Å². The van der Waals surface area contributed by atoms with Gasteiger partial charge in [-0.2, -0.15) is 0 Å². The van der Waals surface area contributed by atoms with Crippen LogP contribution >= 0.6 is 15.9 Å². The lowest BCUT2D eigenvalue weighted by molar-refractivity contribution is 0.0693. The summed E-state index contributed by atoms with van der Waals surface area (Å²) in [5.74, 6) is -0.444. The molecule has 0 aliphatic carbocycles. The molecule has 0 atom stereocenters. The molecule has 0 unspecified atom stereocenters. The van der Waals surface area contributed by atoms with E-state index in [1.54, 1.807) is 6.07 Å². The summed E-state index contributed by atoms with van der Waals surface area (Å²) in [4.78, 5) is 11.0. The van der Waals surface area contributed by atoms with Gasteiger partial charge < -0.3 is 9.84 Å². The summed E-state index contributed by atoms with van der Waals surface area (Å²) in [5, 5.41) is 9.04. The van der Waals surface area contributed by atoms with Crippen molar-refractivity contribution in [1.29, 1.82) is 0 Å². The standard InChI is InChI=1S/C11H11BrO3/c1-11(2)5-15-9-7(10(13)14)3-6(12)4-8(9)11/h3-4H,5H2,1-2H3,(H,13,14). The molecule has 0 saturated heterocycles. The number of rotatable bonds is 1. The number of ether oxygens (including phenoxy) is 1. The molecule has 1 aromatic rings. The Kier molecular flexibility index (Phi) is 2.26. The molecule has 80 valence electrons. The van der Waals surface area contributed by atoms with E-state index in [1.807, 2.05) is 19.9 Å².